The molecular weight excluding hydrogens is 334 g/mol. The van der Waals surface area contributed by atoms with Gasteiger partial charge in [0.25, 0.3) is 5.91 Å². The molecule has 0 aliphatic carbocycles. The first-order valence-electron chi connectivity index (χ1n) is 8.84. The summed E-state index contributed by atoms with van der Waals surface area (Å²) in [7, 11) is 0. The molecule has 1 heterocycles. The van der Waals surface area contributed by atoms with Crippen molar-refractivity contribution < 1.29 is 13.6 Å². The Bertz CT molecular complexity index is 781. The van der Waals surface area contributed by atoms with Crippen LogP contribution < -0.4 is 0 Å². The van der Waals surface area contributed by atoms with E-state index < -0.39 is 5.54 Å². The van der Waals surface area contributed by atoms with E-state index in [1.54, 1.807) is 29.2 Å². The molecule has 0 unspecified atom stereocenters. The predicted molar refractivity (Wildman–Crippen MR) is 97.9 cm³/mol. The van der Waals surface area contributed by atoms with Crippen molar-refractivity contribution >= 4 is 11.7 Å². The maximum absolute atomic E-state index is 13.5. The second-order valence-electron chi connectivity index (χ2n) is 6.81. The highest BCUT2D eigenvalue weighted by Gasteiger charge is 2.51. The van der Waals surface area contributed by atoms with E-state index in [1.807, 2.05) is 20.8 Å². The van der Waals surface area contributed by atoms with Gasteiger partial charge in [0.1, 0.15) is 17.5 Å². The first-order valence-corrected chi connectivity index (χ1v) is 8.84. The average Bonchev–Trinajstić information content (AvgIpc) is 2.91. The molecule has 2 aromatic rings. The molecule has 0 aromatic heterocycles. The van der Waals surface area contributed by atoms with Gasteiger partial charge in [-0.2, -0.15) is 0 Å². The molecule has 2 aromatic carbocycles. The summed E-state index contributed by atoms with van der Waals surface area (Å²) in [6.07, 6.45) is 0.792. The van der Waals surface area contributed by atoms with Crippen molar-refractivity contribution in [1.82, 2.24) is 4.90 Å². The van der Waals surface area contributed by atoms with Gasteiger partial charge < -0.3 is 0 Å². The van der Waals surface area contributed by atoms with E-state index >= 15 is 0 Å². The topological polar surface area (TPSA) is 32.7 Å². The van der Waals surface area contributed by atoms with Gasteiger partial charge in [-0.25, -0.2) is 13.8 Å². The van der Waals surface area contributed by atoms with Crippen LogP contribution in [-0.2, 0) is 10.3 Å². The van der Waals surface area contributed by atoms with Gasteiger partial charge in [0.2, 0.25) is 0 Å². The fourth-order valence-corrected chi connectivity index (χ4v) is 3.38. The molecule has 26 heavy (non-hydrogen) atoms. The summed E-state index contributed by atoms with van der Waals surface area (Å²) in [6, 6.07) is 11.6. The minimum absolute atomic E-state index is 0.0493. The predicted octanol–water partition coefficient (Wildman–Crippen LogP) is 4.52. The third kappa shape index (κ3) is 2.91. The fraction of sp³-hybridized carbons (Fsp3) is 0.333. The van der Waals surface area contributed by atoms with Crippen LogP contribution in [0, 0.1) is 17.6 Å². The van der Waals surface area contributed by atoms with Crippen LogP contribution in [0.5, 0.6) is 0 Å². The number of aliphatic imine (C=N–C) groups is 1. The van der Waals surface area contributed by atoms with Gasteiger partial charge in [0.15, 0.2) is 5.54 Å². The molecule has 0 saturated heterocycles. The monoisotopic (exact) mass is 356 g/mol. The quantitative estimate of drug-likeness (QED) is 0.775. The Labute approximate surface area is 152 Å². The van der Waals surface area contributed by atoms with Gasteiger partial charge >= 0.3 is 0 Å². The summed E-state index contributed by atoms with van der Waals surface area (Å²) >= 11 is 0. The molecule has 0 bridgehead atoms. The summed E-state index contributed by atoms with van der Waals surface area (Å²) in [4.78, 5) is 20.1. The first-order chi connectivity index (χ1) is 12.4. The van der Waals surface area contributed by atoms with E-state index in [-0.39, 0.29) is 23.5 Å². The van der Waals surface area contributed by atoms with Gasteiger partial charge in [-0.05, 0) is 41.8 Å². The molecule has 0 saturated carbocycles. The second-order valence-corrected chi connectivity index (χ2v) is 6.81. The number of carbonyl (C=O) groups is 1. The maximum Gasteiger partial charge on any atom is 0.265 e. The summed E-state index contributed by atoms with van der Waals surface area (Å²) < 4.78 is 26.9. The van der Waals surface area contributed by atoms with Gasteiger partial charge in [0, 0.05) is 12.5 Å². The highest BCUT2D eigenvalue weighted by Crippen LogP contribution is 2.41. The SMILES string of the molecule is CCCN1C(=O)C(c2ccc(F)cc2)(c2ccc(F)cc2)N=C1C(C)C. The van der Waals surface area contributed by atoms with Crippen LogP contribution in [0.4, 0.5) is 8.78 Å². The van der Waals surface area contributed by atoms with Crippen LogP contribution >= 0.6 is 0 Å². The Balaban J connectivity index is 2.26. The van der Waals surface area contributed by atoms with Crippen molar-refractivity contribution in [3.05, 3.63) is 71.3 Å². The molecule has 3 rings (SSSR count). The summed E-state index contributed by atoms with van der Waals surface area (Å²) in [5, 5.41) is 0. The third-order valence-electron chi connectivity index (χ3n) is 4.60. The van der Waals surface area contributed by atoms with Gasteiger partial charge in [-0.3, -0.25) is 9.69 Å². The Morgan fingerprint density at radius 3 is 1.81 bits per heavy atom. The Hall–Kier alpha value is -2.56. The minimum Gasteiger partial charge on any atom is -0.298 e. The zero-order chi connectivity index (χ0) is 18.9. The lowest BCUT2D eigenvalue weighted by Crippen LogP contribution is -2.43. The van der Waals surface area contributed by atoms with E-state index in [1.165, 1.54) is 24.3 Å². The zero-order valence-electron chi connectivity index (χ0n) is 15.2. The second kappa shape index (κ2) is 6.98. The Kier molecular flexibility index (Phi) is 4.90. The zero-order valence-corrected chi connectivity index (χ0v) is 15.2. The van der Waals surface area contributed by atoms with Crippen molar-refractivity contribution in [3.8, 4) is 0 Å². The van der Waals surface area contributed by atoms with E-state index in [9.17, 15) is 13.6 Å². The summed E-state index contributed by atoms with van der Waals surface area (Å²) in [5.74, 6) is -0.195. The molecule has 0 radical (unpaired) electrons. The molecule has 1 aliphatic rings. The normalized spacial score (nSPS) is 16.3. The molecule has 0 spiro atoms. The Morgan fingerprint density at radius 1 is 0.962 bits per heavy atom. The van der Waals surface area contributed by atoms with Crippen LogP contribution in [0.15, 0.2) is 53.5 Å². The van der Waals surface area contributed by atoms with Gasteiger partial charge in [-0.1, -0.05) is 45.0 Å². The highest BCUT2D eigenvalue weighted by atomic mass is 19.1. The van der Waals surface area contributed by atoms with Crippen molar-refractivity contribution in [3.63, 3.8) is 0 Å². The van der Waals surface area contributed by atoms with Crippen LogP contribution in [0.25, 0.3) is 0 Å². The van der Waals surface area contributed by atoms with Crippen molar-refractivity contribution in [2.75, 3.05) is 6.54 Å². The number of hydrogen-bond donors (Lipinski definition) is 0. The molecule has 0 atom stereocenters. The number of carbonyl (C=O) groups excluding carboxylic acids is 1. The average molecular weight is 356 g/mol. The number of amidine groups is 1. The molecule has 1 aliphatic heterocycles. The molecule has 1 amide bonds. The van der Waals surface area contributed by atoms with Gasteiger partial charge in [0.05, 0.1) is 0 Å². The fourth-order valence-electron chi connectivity index (χ4n) is 3.38. The lowest BCUT2D eigenvalue weighted by Gasteiger charge is -2.27. The standard InChI is InChI=1S/C21H22F2N2O/c1-4-13-25-19(14(2)3)24-21(20(25)26,15-5-9-17(22)10-6-15)16-7-11-18(23)12-8-16/h5-12,14H,4,13H2,1-3H3. The number of halogens is 2. The lowest BCUT2D eigenvalue weighted by molar-refractivity contribution is -0.130. The van der Waals surface area contributed by atoms with E-state index in [0.717, 1.165) is 6.42 Å². The molecule has 136 valence electrons. The largest absolute Gasteiger partial charge is 0.298 e. The van der Waals surface area contributed by atoms with E-state index in [0.29, 0.717) is 23.5 Å². The number of benzene rings is 2. The molecule has 5 heteroatoms. The van der Waals surface area contributed by atoms with Crippen LogP contribution in [0.1, 0.15) is 38.3 Å². The van der Waals surface area contributed by atoms with Crippen molar-refractivity contribution in [2.24, 2.45) is 10.9 Å². The van der Waals surface area contributed by atoms with Crippen molar-refractivity contribution in [1.29, 1.82) is 0 Å². The Morgan fingerprint density at radius 2 is 1.42 bits per heavy atom. The lowest BCUT2D eigenvalue weighted by atomic mass is 9.83. The number of rotatable bonds is 5. The third-order valence-corrected chi connectivity index (χ3v) is 4.60. The number of hydrogen-bond acceptors (Lipinski definition) is 2. The van der Waals surface area contributed by atoms with Gasteiger partial charge in [-0.15, -0.1) is 0 Å². The first kappa shape index (κ1) is 18.2. The minimum atomic E-state index is -1.31. The molecule has 3 nitrogen and oxygen atoms in total. The van der Waals surface area contributed by atoms with Crippen LogP contribution in [0.2, 0.25) is 0 Å². The maximum atomic E-state index is 13.5. The highest BCUT2D eigenvalue weighted by molar-refractivity contribution is 6.11. The number of amides is 1. The van der Waals surface area contributed by atoms with E-state index in [2.05, 4.69) is 0 Å². The smallest absolute Gasteiger partial charge is 0.265 e. The summed E-state index contributed by atoms with van der Waals surface area (Å²) in [6.45, 7) is 6.53. The number of nitrogens with zero attached hydrogens (tertiary/aromatic N) is 2. The van der Waals surface area contributed by atoms with E-state index in [4.69, 9.17) is 4.99 Å². The summed E-state index contributed by atoms with van der Waals surface area (Å²) in [5.41, 5.74) is -0.157. The van der Waals surface area contributed by atoms with Crippen LogP contribution in [-0.4, -0.2) is 23.2 Å². The molecule has 0 N–H and O–H groups in total. The molecule has 0 fully saturated rings. The van der Waals surface area contributed by atoms with Crippen LogP contribution in [0.3, 0.4) is 0 Å². The molecular formula is C21H22F2N2O. The van der Waals surface area contributed by atoms with Crippen molar-refractivity contribution in [2.45, 2.75) is 32.7 Å².